The summed E-state index contributed by atoms with van der Waals surface area (Å²) in [6, 6.07) is 4.12. The Labute approximate surface area is 108 Å². The maximum Gasteiger partial charge on any atom is 0.133 e. The normalized spacial score (nSPS) is 10.6. The van der Waals surface area contributed by atoms with Crippen LogP contribution in [0.4, 0.5) is 0 Å². The van der Waals surface area contributed by atoms with Gasteiger partial charge in [0.25, 0.3) is 0 Å². The zero-order valence-corrected chi connectivity index (χ0v) is 11.0. The molecular formula is C11H11ClN2S2. The van der Waals surface area contributed by atoms with Crippen LogP contribution in [0.1, 0.15) is 4.88 Å². The molecule has 0 spiro atoms. The minimum atomic E-state index is 0.628. The molecule has 0 bridgehead atoms. The predicted octanol–water partition coefficient (Wildman–Crippen LogP) is 3.71. The van der Waals surface area contributed by atoms with Crippen LogP contribution >= 0.6 is 34.3 Å². The van der Waals surface area contributed by atoms with E-state index in [1.807, 2.05) is 12.3 Å². The van der Waals surface area contributed by atoms with Crippen LogP contribution in [-0.4, -0.2) is 11.5 Å². The fraction of sp³-hybridized carbons (Fsp3) is 0.182. The summed E-state index contributed by atoms with van der Waals surface area (Å²) in [5, 5.41) is 6.97. The van der Waals surface area contributed by atoms with E-state index in [1.54, 1.807) is 22.7 Å². The lowest BCUT2D eigenvalue weighted by molar-refractivity contribution is 0.763. The van der Waals surface area contributed by atoms with Crippen molar-refractivity contribution in [3.8, 4) is 9.88 Å². The predicted molar refractivity (Wildman–Crippen MR) is 72.1 cm³/mol. The summed E-state index contributed by atoms with van der Waals surface area (Å²) in [5.41, 5.74) is 0. The third-order valence-electron chi connectivity index (χ3n) is 1.90. The standard InChI is InChI=1S/C11H11ClN2S2/c1-8(12)5-13-6-9-7-14-11(16-9)10-3-2-4-15-10/h2-4,7,13H,1,5-6H2. The Morgan fingerprint density at radius 3 is 3.12 bits per heavy atom. The molecule has 0 fully saturated rings. The summed E-state index contributed by atoms with van der Waals surface area (Å²) >= 11 is 9.08. The monoisotopic (exact) mass is 270 g/mol. The first-order valence-electron chi connectivity index (χ1n) is 4.78. The van der Waals surface area contributed by atoms with Crippen molar-refractivity contribution in [3.05, 3.63) is 40.2 Å². The van der Waals surface area contributed by atoms with Crippen LogP contribution in [0.3, 0.4) is 0 Å². The van der Waals surface area contributed by atoms with E-state index >= 15 is 0 Å². The van der Waals surface area contributed by atoms with Crippen molar-refractivity contribution in [2.24, 2.45) is 0 Å². The zero-order chi connectivity index (χ0) is 11.4. The van der Waals surface area contributed by atoms with E-state index in [9.17, 15) is 0 Å². The van der Waals surface area contributed by atoms with Crippen LogP contribution < -0.4 is 5.32 Å². The number of halogens is 1. The van der Waals surface area contributed by atoms with Gasteiger partial charge in [0.15, 0.2) is 0 Å². The van der Waals surface area contributed by atoms with Gasteiger partial charge in [0, 0.05) is 29.2 Å². The van der Waals surface area contributed by atoms with Gasteiger partial charge in [0.1, 0.15) is 5.01 Å². The molecule has 0 aliphatic rings. The van der Waals surface area contributed by atoms with E-state index in [0.29, 0.717) is 11.6 Å². The number of thiophene rings is 1. The molecule has 2 aromatic heterocycles. The second-order valence-corrected chi connectivity index (χ2v) is 5.83. The number of rotatable bonds is 5. The second kappa shape index (κ2) is 5.59. The number of nitrogens with zero attached hydrogens (tertiary/aromatic N) is 1. The minimum Gasteiger partial charge on any atom is -0.307 e. The van der Waals surface area contributed by atoms with Crippen molar-refractivity contribution in [1.29, 1.82) is 0 Å². The highest BCUT2D eigenvalue weighted by molar-refractivity contribution is 7.20. The molecule has 0 unspecified atom stereocenters. The van der Waals surface area contributed by atoms with Crippen molar-refractivity contribution in [2.45, 2.75) is 6.54 Å². The fourth-order valence-corrected chi connectivity index (χ4v) is 3.00. The Balaban J connectivity index is 1.95. The van der Waals surface area contributed by atoms with Gasteiger partial charge in [-0.3, -0.25) is 0 Å². The lowest BCUT2D eigenvalue weighted by atomic mass is 10.5. The minimum absolute atomic E-state index is 0.628. The molecule has 0 radical (unpaired) electrons. The Bertz CT molecular complexity index is 462. The van der Waals surface area contributed by atoms with Crippen LogP contribution in [0.5, 0.6) is 0 Å². The highest BCUT2D eigenvalue weighted by Gasteiger charge is 2.04. The van der Waals surface area contributed by atoms with Gasteiger partial charge in [0.05, 0.1) is 4.88 Å². The molecule has 2 nitrogen and oxygen atoms in total. The van der Waals surface area contributed by atoms with Gasteiger partial charge in [-0.05, 0) is 11.4 Å². The van der Waals surface area contributed by atoms with Crippen molar-refractivity contribution < 1.29 is 0 Å². The molecule has 0 aromatic carbocycles. The molecule has 0 aliphatic heterocycles. The molecule has 0 aliphatic carbocycles. The number of aromatic nitrogens is 1. The Morgan fingerprint density at radius 2 is 2.44 bits per heavy atom. The molecule has 1 N–H and O–H groups in total. The van der Waals surface area contributed by atoms with Crippen LogP contribution in [0.15, 0.2) is 35.3 Å². The second-order valence-electron chi connectivity index (χ2n) is 3.23. The number of thiazole rings is 1. The summed E-state index contributed by atoms with van der Waals surface area (Å²) in [6.45, 7) is 5.04. The van der Waals surface area contributed by atoms with Crippen LogP contribution in [0.25, 0.3) is 9.88 Å². The maximum atomic E-state index is 5.66. The molecule has 2 aromatic rings. The van der Waals surface area contributed by atoms with Gasteiger partial charge < -0.3 is 5.32 Å². The molecule has 0 amide bonds. The molecule has 0 saturated carbocycles. The van der Waals surface area contributed by atoms with E-state index in [-0.39, 0.29) is 0 Å². The molecular weight excluding hydrogens is 260 g/mol. The molecule has 2 heterocycles. The third-order valence-corrected chi connectivity index (χ3v) is 4.07. The van der Waals surface area contributed by atoms with Crippen LogP contribution in [0, 0.1) is 0 Å². The highest BCUT2D eigenvalue weighted by atomic mass is 35.5. The van der Waals surface area contributed by atoms with Crippen molar-refractivity contribution >= 4 is 34.3 Å². The van der Waals surface area contributed by atoms with Gasteiger partial charge in [-0.25, -0.2) is 4.98 Å². The van der Waals surface area contributed by atoms with E-state index in [0.717, 1.165) is 11.6 Å². The van der Waals surface area contributed by atoms with Crippen molar-refractivity contribution in [1.82, 2.24) is 10.3 Å². The molecule has 0 saturated heterocycles. The van der Waals surface area contributed by atoms with Gasteiger partial charge in [-0.1, -0.05) is 24.2 Å². The summed E-state index contributed by atoms with van der Waals surface area (Å²) in [6.07, 6.45) is 1.91. The lowest BCUT2D eigenvalue weighted by Gasteiger charge is -1.98. The summed E-state index contributed by atoms with van der Waals surface area (Å²) < 4.78 is 0. The molecule has 84 valence electrons. The van der Waals surface area contributed by atoms with E-state index in [2.05, 4.69) is 28.3 Å². The van der Waals surface area contributed by atoms with E-state index in [4.69, 9.17) is 11.6 Å². The largest absolute Gasteiger partial charge is 0.307 e. The Hall–Kier alpha value is -0.680. The van der Waals surface area contributed by atoms with Crippen LogP contribution in [0.2, 0.25) is 0 Å². The zero-order valence-electron chi connectivity index (χ0n) is 8.57. The van der Waals surface area contributed by atoms with Crippen molar-refractivity contribution in [2.75, 3.05) is 6.54 Å². The average molecular weight is 271 g/mol. The maximum absolute atomic E-state index is 5.66. The quantitative estimate of drug-likeness (QED) is 0.896. The Morgan fingerprint density at radius 1 is 1.56 bits per heavy atom. The number of hydrogen-bond acceptors (Lipinski definition) is 4. The van der Waals surface area contributed by atoms with E-state index < -0.39 is 0 Å². The van der Waals surface area contributed by atoms with E-state index in [1.165, 1.54) is 9.75 Å². The third kappa shape index (κ3) is 3.15. The molecule has 0 atom stereocenters. The molecule has 2 rings (SSSR count). The first-order valence-corrected chi connectivity index (χ1v) is 6.85. The van der Waals surface area contributed by atoms with Gasteiger partial charge >= 0.3 is 0 Å². The average Bonchev–Trinajstić information content (AvgIpc) is 2.85. The Kier molecular flexibility index (Phi) is 4.12. The fourth-order valence-electron chi connectivity index (χ4n) is 1.22. The van der Waals surface area contributed by atoms with Gasteiger partial charge in [0.2, 0.25) is 0 Å². The first kappa shape index (κ1) is 11.8. The number of hydrogen-bond donors (Lipinski definition) is 1. The molecule has 5 heteroatoms. The lowest BCUT2D eigenvalue weighted by Crippen LogP contribution is -2.13. The number of nitrogens with one attached hydrogen (secondary N) is 1. The van der Waals surface area contributed by atoms with Crippen molar-refractivity contribution in [3.63, 3.8) is 0 Å². The first-order chi connectivity index (χ1) is 7.75. The highest BCUT2D eigenvalue weighted by Crippen LogP contribution is 2.28. The SMILES string of the molecule is C=C(Cl)CNCc1cnc(-c2cccs2)s1. The summed E-state index contributed by atoms with van der Waals surface area (Å²) in [7, 11) is 0. The smallest absolute Gasteiger partial charge is 0.133 e. The van der Waals surface area contributed by atoms with Crippen LogP contribution in [-0.2, 0) is 6.54 Å². The van der Waals surface area contributed by atoms with Gasteiger partial charge in [-0.2, -0.15) is 0 Å². The van der Waals surface area contributed by atoms with Gasteiger partial charge in [-0.15, -0.1) is 22.7 Å². The molecule has 16 heavy (non-hydrogen) atoms. The topological polar surface area (TPSA) is 24.9 Å². The summed E-state index contributed by atoms with van der Waals surface area (Å²) in [5.74, 6) is 0. The summed E-state index contributed by atoms with van der Waals surface area (Å²) in [4.78, 5) is 6.82.